The first-order valence-corrected chi connectivity index (χ1v) is 8.04. The molecule has 1 rings (SSSR count). The number of hydrogen-bond donors (Lipinski definition) is 1. The molecule has 0 unspecified atom stereocenters. The SMILES string of the molecule is CC(C)(C)OC(=O)Nc1cccc(CS(=O)(=O)Cl)c1. The van der Waals surface area contributed by atoms with Gasteiger partial charge in [0, 0.05) is 16.4 Å². The third kappa shape index (κ3) is 7.03. The van der Waals surface area contributed by atoms with Crippen molar-refractivity contribution in [3.63, 3.8) is 0 Å². The van der Waals surface area contributed by atoms with Crippen molar-refractivity contribution in [1.29, 1.82) is 0 Å². The average molecular weight is 306 g/mol. The molecule has 0 aliphatic carbocycles. The molecule has 0 fully saturated rings. The molecule has 0 atom stereocenters. The van der Waals surface area contributed by atoms with Crippen LogP contribution in [0.15, 0.2) is 24.3 Å². The van der Waals surface area contributed by atoms with Crippen molar-refractivity contribution in [3.8, 4) is 0 Å². The summed E-state index contributed by atoms with van der Waals surface area (Å²) in [6.07, 6.45) is -0.599. The fourth-order valence-corrected chi connectivity index (χ4v) is 2.32. The highest BCUT2D eigenvalue weighted by Gasteiger charge is 2.16. The Morgan fingerprint density at radius 2 is 2.00 bits per heavy atom. The summed E-state index contributed by atoms with van der Waals surface area (Å²) in [7, 11) is 1.55. The van der Waals surface area contributed by atoms with Crippen LogP contribution in [-0.2, 0) is 19.5 Å². The van der Waals surface area contributed by atoms with Crippen LogP contribution in [0.2, 0.25) is 0 Å². The lowest BCUT2D eigenvalue weighted by atomic mass is 10.2. The number of rotatable bonds is 3. The van der Waals surface area contributed by atoms with Crippen LogP contribution in [-0.4, -0.2) is 20.1 Å². The molecule has 1 aromatic carbocycles. The van der Waals surface area contributed by atoms with E-state index in [0.29, 0.717) is 11.3 Å². The first-order chi connectivity index (χ1) is 8.55. The molecule has 0 bridgehead atoms. The summed E-state index contributed by atoms with van der Waals surface area (Å²) >= 11 is 0. The van der Waals surface area contributed by atoms with E-state index in [9.17, 15) is 13.2 Å². The molecule has 19 heavy (non-hydrogen) atoms. The predicted molar refractivity (Wildman–Crippen MR) is 74.8 cm³/mol. The topological polar surface area (TPSA) is 72.5 Å². The van der Waals surface area contributed by atoms with Gasteiger partial charge in [-0.2, -0.15) is 0 Å². The molecule has 0 radical (unpaired) electrons. The van der Waals surface area contributed by atoms with Crippen LogP contribution >= 0.6 is 10.7 Å². The first-order valence-electron chi connectivity index (χ1n) is 5.56. The van der Waals surface area contributed by atoms with Crippen LogP contribution in [0, 0.1) is 0 Å². The molecule has 0 saturated heterocycles. The van der Waals surface area contributed by atoms with Crippen LogP contribution in [0.3, 0.4) is 0 Å². The van der Waals surface area contributed by atoms with Gasteiger partial charge in [0.05, 0.1) is 5.75 Å². The maximum atomic E-state index is 11.5. The predicted octanol–water partition coefficient (Wildman–Crippen LogP) is 3.10. The number of carbonyl (C=O) groups is 1. The quantitative estimate of drug-likeness (QED) is 0.871. The van der Waals surface area contributed by atoms with Crippen LogP contribution in [0.1, 0.15) is 26.3 Å². The highest BCUT2D eigenvalue weighted by molar-refractivity contribution is 8.13. The summed E-state index contributed by atoms with van der Waals surface area (Å²) in [4.78, 5) is 11.5. The van der Waals surface area contributed by atoms with E-state index in [1.165, 1.54) is 6.07 Å². The number of hydrogen-bond acceptors (Lipinski definition) is 4. The Balaban J connectivity index is 2.75. The maximum Gasteiger partial charge on any atom is 0.412 e. The van der Waals surface area contributed by atoms with Gasteiger partial charge in [-0.3, -0.25) is 5.32 Å². The molecule has 1 N–H and O–H groups in total. The van der Waals surface area contributed by atoms with Gasteiger partial charge in [0.1, 0.15) is 5.60 Å². The Morgan fingerprint density at radius 3 is 2.53 bits per heavy atom. The van der Waals surface area contributed by atoms with Crippen molar-refractivity contribution in [1.82, 2.24) is 0 Å². The van der Waals surface area contributed by atoms with Crippen molar-refractivity contribution >= 4 is 31.5 Å². The highest BCUT2D eigenvalue weighted by atomic mass is 35.7. The van der Waals surface area contributed by atoms with Gasteiger partial charge in [-0.15, -0.1) is 0 Å². The molecule has 106 valence electrons. The van der Waals surface area contributed by atoms with Gasteiger partial charge < -0.3 is 4.74 Å². The molecule has 0 aliphatic rings. The number of anilines is 1. The molecular formula is C12H16ClNO4S. The normalized spacial score (nSPS) is 12.0. The van der Waals surface area contributed by atoms with E-state index in [0.717, 1.165) is 0 Å². The second-order valence-electron chi connectivity index (χ2n) is 5.01. The molecule has 1 aromatic rings. The summed E-state index contributed by atoms with van der Waals surface area (Å²) in [6, 6.07) is 6.41. The Kier molecular flexibility index (Phi) is 4.81. The number of ether oxygens (including phenoxy) is 1. The molecule has 0 aromatic heterocycles. The van der Waals surface area contributed by atoms with Gasteiger partial charge in [-0.25, -0.2) is 13.2 Å². The molecule has 5 nitrogen and oxygen atoms in total. The zero-order valence-electron chi connectivity index (χ0n) is 10.9. The minimum absolute atomic E-state index is 0.293. The van der Waals surface area contributed by atoms with Gasteiger partial charge in [-0.05, 0) is 38.5 Å². The fraction of sp³-hybridized carbons (Fsp3) is 0.417. The second kappa shape index (κ2) is 5.79. The van der Waals surface area contributed by atoms with Gasteiger partial charge in [-0.1, -0.05) is 12.1 Å². The molecule has 0 saturated carbocycles. The summed E-state index contributed by atoms with van der Waals surface area (Å²) < 4.78 is 27.0. The molecule has 0 heterocycles. The van der Waals surface area contributed by atoms with Crippen molar-refractivity contribution < 1.29 is 17.9 Å². The van der Waals surface area contributed by atoms with Gasteiger partial charge >= 0.3 is 6.09 Å². The summed E-state index contributed by atoms with van der Waals surface area (Å²) in [6.45, 7) is 5.26. The molecular weight excluding hydrogens is 290 g/mol. The van der Waals surface area contributed by atoms with Crippen molar-refractivity contribution in [2.45, 2.75) is 32.1 Å². The van der Waals surface area contributed by atoms with Gasteiger partial charge in [0.2, 0.25) is 9.05 Å². The number of nitrogens with one attached hydrogen (secondary N) is 1. The number of carbonyl (C=O) groups excluding carboxylic acids is 1. The Morgan fingerprint density at radius 1 is 1.37 bits per heavy atom. The summed E-state index contributed by atoms with van der Waals surface area (Å²) in [5, 5.41) is 2.53. The van der Waals surface area contributed by atoms with Gasteiger partial charge in [0.15, 0.2) is 0 Å². The standard InChI is InChI=1S/C12H16ClNO4S/c1-12(2,3)18-11(15)14-10-6-4-5-9(7-10)8-19(13,16)17/h4-7H,8H2,1-3H3,(H,14,15). The average Bonchev–Trinajstić information content (AvgIpc) is 2.11. The number of amides is 1. The first kappa shape index (κ1) is 15.8. The molecule has 0 aliphatic heterocycles. The third-order valence-corrected chi connectivity index (χ3v) is 2.92. The van der Waals surface area contributed by atoms with E-state index in [2.05, 4.69) is 5.32 Å². The van der Waals surface area contributed by atoms with E-state index in [4.69, 9.17) is 15.4 Å². The van der Waals surface area contributed by atoms with E-state index in [1.54, 1.807) is 39.0 Å². The van der Waals surface area contributed by atoms with Crippen LogP contribution in [0.5, 0.6) is 0 Å². The lowest BCUT2D eigenvalue weighted by Gasteiger charge is -2.19. The molecule has 0 spiro atoms. The highest BCUT2D eigenvalue weighted by Crippen LogP contribution is 2.16. The van der Waals surface area contributed by atoms with E-state index < -0.39 is 20.7 Å². The van der Waals surface area contributed by atoms with Crippen LogP contribution in [0.4, 0.5) is 10.5 Å². The van der Waals surface area contributed by atoms with E-state index in [-0.39, 0.29) is 5.75 Å². The number of benzene rings is 1. The second-order valence-corrected chi connectivity index (χ2v) is 7.79. The molecule has 1 amide bonds. The van der Waals surface area contributed by atoms with Gasteiger partial charge in [0.25, 0.3) is 0 Å². The van der Waals surface area contributed by atoms with Crippen molar-refractivity contribution in [3.05, 3.63) is 29.8 Å². The largest absolute Gasteiger partial charge is 0.444 e. The van der Waals surface area contributed by atoms with Crippen LogP contribution in [0.25, 0.3) is 0 Å². The van der Waals surface area contributed by atoms with Crippen LogP contribution < -0.4 is 5.32 Å². The third-order valence-electron chi connectivity index (χ3n) is 1.91. The minimum atomic E-state index is -3.62. The molecule has 7 heteroatoms. The van der Waals surface area contributed by atoms with E-state index >= 15 is 0 Å². The minimum Gasteiger partial charge on any atom is -0.444 e. The van der Waals surface area contributed by atoms with Crippen molar-refractivity contribution in [2.75, 3.05) is 5.32 Å². The lowest BCUT2D eigenvalue weighted by Crippen LogP contribution is -2.27. The zero-order valence-corrected chi connectivity index (χ0v) is 12.5. The Hall–Kier alpha value is -1.27. The van der Waals surface area contributed by atoms with Crippen molar-refractivity contribution in [2.24, 2.45) is 0 Å². The number of halogens is 1. The Labute approximate surface area is 117 Å². The summed E-state index contributed by atoms with van der Waals surface area (Å²) in [5.41, 5.74) is 0.344. The fourth-order valence-electron chi connectivity index (χ4n) is 1.36. The Bertz CT molecular complexity index is 563. The summed E-state index contributed by atoms with van der Waals surface area (Å²) in [5.74, 6) is -0.293. The lowest BCUT2D eigenvalue weighted by molar-refractivity contribution is 0.0636. The maximum absolute atomic E-state index is 11.5. The monoisotopic (exact) mass is 305 g/mol. The van der Waals surface area contributed by atoms with E-state index in [1.807, 2.05) is 0 Å². The zero-order chi connectivity index (χ0) is 14.7. The smallest absolute Gasteiger partial charge is 0.412 e.